The summed E-state index contributed by atoms with van der Waals surface area (Å²) in [6.07, 6.45) is 0. The summed E-state index contributed by atoms with van der Waals surface area (Å²) in [7, 11) is 0.860. The first-order valence-corrected chi connectivity index (χ1v) is 5.92. The Kier molecular flexibility index (Phi) is 3.07. The number of hydrogen-bond acceptors (Lipinski definition) is 2. The zero-order chi connectivity index (χ0) is 10.3. The Bertz CT molecular complexity index is 158. The SMILES string of the molecule is CC(C)(C)N1CCN(C(C)(C)C)P1. The highest BCUT2D eigenvalue weighted by molar-refractivity contribution is 7.32. The Hall–Kier alpha value is 0.350. The van der Waals surface area contributed by atoms with Crippen molar-refractivity contribution in [2.45, 2.75) is 52.6 Å². The van der Waals surface area contributed by atoms with Gasteiger partial charge in [-0.25, -0.2) is 0 Å². The van der Waals surface area contributed by atoms with Crippen LogP contribution < -0.4 is 0 Å². The van der Waals surface area contributed by atoms with Crippen LogP contribution in [0, 0.1) is 0 Å². The molecule has 0 aromatic heterocycles. The average Bonchev–Trinajstić information content (AvgIpc) is 2.28. The zero-order valence-corrected chi connectivity index (χ0v) is 10.8. The molecule has 0 amide bonds. The van der Waals surface area contributed by atoms with Gasteiger partial charge in [-0.2, -0.15) is 0 Å². The molecule has 0 aromatic rings. The molecule has 3 heteroatoms. The van der Waals surface area contributed by atoms with Gasteiger partial charge in [0.05, 0.1) is 0 Å². The minimum Gasteiger partial charge on any atom is -0.266 e. The van der Waals surface area contributed by atoms with Crippen molar-refractivity contribution < 1.29 is 0 Å². The van der Waals surface area contributed by atoms with Crippen LogP contribution in [-0.4, -0.2) is 33.5 Å². The first-order valence-electron chi connectivity index (χ1n) is 5.03. The second-order valence-electron chi connectivity index (χ2n) is 5.74. The molecular formula is C10H23N2P. The molecule has 1 aliphatic rings. The maximum absolute atomic E-state index is 2.57. The van der Waals surface area contributed by atoms with Gasteiger partial charge in [-0.3, -0.25) is 9.34 Å². The molecule has 0 spiro atoms. The Morgan fingerprint density at radius 3 is 1.23 bits per heavy atom. The molecule has 1 saturated heterocycles. The fourth-order valence-electron chi connectivity index (χ4n) is 1.42. The van der Waals surface area contributed by atoms with Crippen molar-refractivity contribution in [1.29, 1.82) is 0 Å². The van der Waals surface area contributed by atoms with E-state index in [1.165, 1.54) is 13.1 Å². The second-order valence-corrected chi connectivity index (χ2v) is 7.02. The summed E-state index contributed by atoms with van der Waals surface area (Å²) < 4.78 is 5.14. The van der Waals surface area contributed by atoms with Crippen molar-refractivity contribution in [3.8, 4) is 0 Å². The van der Waals surface area contributed by atoms with Crippen molar-refractivity contribution in [1.82, 2.24) is 9.34 Å². The number of hydrogen-bond donors (Lipinski definition) is 0. The molecule has 13 heavy (non-hydrogen) atoms. The lowest BCUT2D eigenvalue weighted by atomic mass is 10.1. The monoisotopic (exact) mass is 202 g/mol. The molecule has 0 saturated carbocycles. The van der Waals surface area contributed by atoms with Gasteiger partial charge in [0, 0.05) is 33.0 Å². The zero-order valence-electron chi connectivity index (χ0n) is 9.81. The molecule has 0 unspecified atom stereocenters. The van der Waals surface area contributed by atoms with Crippen LogP contribution in [0.15, 0.2) is 0 Å². The van der Waals surface area contributed by atoms with Gasteiger partial charge in [0.2, 0.25) is 0 Å². The third-order valence-corrected chi connectivity index (χ3v) is 4.68. The molecular weight excluding hydrogens is 179 g/mol. The van der Waals surface area contributed by atoms with Crippen LogP contribution >= 0.6 is 8.88 Å². The van der Waals surface area contributed by atoms with Gasteiger partial charge in [0.15, 0.2) is 0 Å². The second kappa shape index (κ2) is 3.49. The summed E-state index contributed by atoms with van der Waals surface area (Å²) in [5.74, 6) is 0. The molecule has 0 radical (unpaired) electrons. The molecule has 0 N–H and O–H groups in total. The minimum absolute atomic E-state index is 0.332. The van der Waals surface area contributed by atoms with Gasteiger partial charge in [-0.05, 0) is 41.5 Å². The van der Waals surface area contributed by atoms with Crippen molar-refractivity contribution >= 4 is 8.88 Å². The Morgan fingerprint density at radius 2 is 1.08 bits per heavy atom. The summed E-state index contributed by atoms with van der Waals surface area (Å²) >= 11 is 0. The summed E-state index contributed by atoms with van der Waals surface area (Å²) in [6.45, 7) is 16.2. The lowest BCUT2D eigenvalue weighted by molar-refractivity contribution is 0.271. The lowest BCUT2D eigenvalue weighted by Gasteiger charge is -2.35. The van der Waals surface area contributed by atoms with Crippen molar-refractivity contribution in [3.63, 3.8) is 0 Å². The first-order chi connectivity index (χ1) is 5.71. The fraction of sp³-hybridized carbons (Fsp3) is 1.00. The van der Waals surface area contributed by atoms with E-state index in [1.54, 1.807) is 0 Å². The van der Waals surface area contributed by atoms with Crippen molar-refractivity contribution in [3.05, 3.63) is 0 Å². The lowest BCUT2D eigenvalue weighted by Crippen LogP contribution is -2.34. The molecule has 0 aliphatic carbocycles. The van der Waals surface area contributed by atoms with Gasteiger partial charge in [-0.1, -0.05) is 0 Å². The summed E-state index contributed by atoms with van der Waals surface area (Å²) in [6, 6.07) is 0. The highest BCUT2D eigenvalue weighted by atomic mass is 31.1. The van der Waals surface area contributed by atoms with E-state index in [2.05, 4.69) is 50.9 Å². The molecule has 78 valence electrons. The van der Waals surface area contributed by atoms with Crippen molar-refractivity contribution in [2.75, 3.05) is 13.1 Å². The number of nitrogens with zero attached hydrogens (tertiary/aromatic N) is 2. The molecule has 1 aliphatic heterocycles. The molecule has 1 heterocycles. The number of rotatable bonds is 0. The standard InChI is InChI=1S/C10H23N2P/c1-9(2,3)11-7-8-12(13-11)10(4,5)6/h13H,7-8H2,1-6H3. The van der Waals surface area contributed by atoms with E-state index in [-0.39, 0.29) is 0 Å². The summed E-state index contributed by atoms with van der Waals surface area (Å²) in [5.41, 5.74) is 0.664. The molecule has 0 aromatic carbocycles. The summed E-state index contributed by atoms with van der Waals surface area (Å²) in [4.78, 5) is 0. The van der Waals surface area contributed by atoms with Crippen LogP contribution in [0.5, 0.6) is 0 Å². The molecule has 1 fully saturated rings. The van der Waals surface area contributed by atoms with E-state index in [4.69, 9.17) is 0 Å². The smallest absolute Gasteiger partial charge is 0.0251 e. The van der Waals surface area contributed by atoms with Crippen LogP contribution in [-0.2, 0) is 0 Å². The quantitative estimate of drug-likeness (QED) is 0.557. The molecule has 0 atom stereocenters. The van der Waals surface area contributed by atoms with Crippen LogP contribution in [0.2, 0.25) is 0 Å². The van der Waals surface area contributed by atoms with E-state index in [0.29, 0.717) is 11.1 Å². The van der Waals surface area contributed by atoms with Crippen LogP contribution in [0.3, 0.4) is 0 Å². The average molecular weight is 202 g/mol. The molecule has 1 rings (SSSR count). The summed E-state index contributed by atoms with van der Waals surface area (Å²) in [5, 5.41) is 0. The van der Waals surface area contributed by atoms with Crippen LogP contribution in [0.4, 0.5) is 0 Å². The maximum atomic E-state index is 2.57. The van der Waals surface area contributed by atoms with E-state index in [1.807, 2.05) is 0 Å². The molecule has 0 bridgehead atoms. The van der Waals surface area contributed by atoms with E-state index in [9.17, 15) is 0 Å². The van der Waals surface area contributed by atoms with Gasteiger partial charge < -0.3 is 0 Å². The first kappa shape index (κ1) is 11.4. The normalized spacial score (nSPS) is 22.6. The highest BCUT2D eigenvalue weighted by Gasteiger charge is 2.33. The minimum atomic E-state index is 0.332. The third kappa shape index (κ3) is 2.90. The third-order valence-electron chi connectivity index (χ3n) is 2.41. The Labute approximate surface area is 84.6 Å². The largest absolute Gasteiger partial charge is 0.266 e. The van der Waals surface area contributed by atoms with Crippen LogP contribution in [0.25, 0.3) is 0 Å². The van der Waals surface area contributed by atoms with Gasteiger partial charge in [-0.15, -0.1) is 0 Å². The van der Waals surface area contributed by atoms with E-state index >= 15 is 0 Å². The highest BCUT2D eigenvalue weighted by Crippen LogP contribution is 2.40. The molecule has 2 nitrogen and oxygen atoms in total. The van der Waals surface area contributed by atoms with E-state index in [0.717, 1.165) is 8.88 Å². The maximum Gasteiger partial charge on any atom is 0.0251 e. The fourth-order valence-corrected chi connectivity index (χ4v) is 2.71. The predicted octanol–water partition coefficient (Wildman–Crippen LogP) is 2.71. The van der Waals surface area contributed by atoms with E-state index < -0.39 is 0 Å². The van der Waals surface area contributed by atoms with Gasteiger partial charge >= 0.3 is 0 Å². The van der Waals surface area contributed by atoms with Gasteiger partial charge in [0.1, 0.15) is 0 Å². The van der Waals surface area contributed by atoms with Gasteiger partial charge in [0.25, 0.3) is 0 Å². The topological polar surface area (TPSA) is 6.48 Å². The van der Waals surface area contributed by atoms with Crippen LogP contribution in [0.1, 0.15) is 41.5 Å². The Balaban J connectivity index is 2.55. The predicted molar refractivity (Wildman–Crippen MR) is 61.2 cm³/mol. The Morgan fingerprint density at radius 1 is 0.769 bits per heavy atom. The van der Waals surface area contributed by atoms with Crippen molar-refractivity contribution in [2.24, 2.45) is 0 Å².